The van der Waals surface area contributed by atoms with Gasteiger partial charge < -0.3 is 20.3 Å². The molecule has 7 heteroatoms. The van der Waals surface area contributed by atoms with Crippen molar-refractivity contribution >= 4 is 29.9 Å². The van der Waals surface area contributed by atoms with Gasteiger partial charge in [0.25, 0.3) is 0 Å². The number of likely N-dealkylation sites (N-methyl/N-ethyl adjacent to an activating group) is 1. The molecule has 0 spiro atoms. The zero-order valence-electron chi connectivity index (χ0n) is 19.2. The van der Waals surface area contributed by atoms with Crippen LogP contribution in [0.5, 0.6) is 0 Å². The Morgan fingerprint density at radius 1 is 1.07 bits per heavy atom. The predicted octanol–water partition coefficient (Wildman–Crippen LogP) is 3.31. The van der Waals surface area contributed by atoms with Crippen molar-refractivity contribution in [3.63, 3.8) is 0 Å². The number of hydrogen-bond acceptors (Lipinski definition) is 4. The Labute approximate surface area is 200 Å². The summed E-state index contributed by atoms with van der Waals surface area (Å²) in [6.07, 6.45) is 5.14. The summed E-state index contributed by atoms with van der Waals surface area (Å²) in [5.74, 6) is 0.884. The van der Waals surface area contributed by atoms with Crippen LogP contribution in [-0.2, 0) is 17.8 Å². The van der Waals surface area contributed by atoms with Crippen LogP contribution < -0.4 is 10.6 Å². The lowest BCUT2D eigenvalue weighted by Gasteiger charge is -2.26. The first kappa shape index (κ1) is 27.1. The van der Waals surface area contributed by atoms with Gasteiger partial charge in [-0.2, -0.15) is 0 Å². The first-order valence-electron chi connectivity index (χ1n) is 11.2. The third-order valence-electron chi connectivity index (χ3n) is 5.32. The number of hydrogen-bond donors (Lipinski definition) is 2. The highest BCUT2D eigenvalue weighted by molar-refractivity contribution is 14.0. The van der Waals surface area contributed by atoms with Gasteiger partial charge in [0.1, 0.15) is 0 Å². The molecule has 1 fully saturated rings. The minimum atomic E-state index is 0. The number of likely N-dealkylation sites (tertiary alicyclic amines) is 1. The van der Waals surface area contributed by atoms with Crippen LogP contribution in [0.2, 0.25) is 0 Å². The smallest absolute Gasteiger partial charge is 0.191 e. The molecule has 0 radical (unpaired) electrons. The minimum Gasteiger partial charge on any atom is -0.385 e. The van der Waals surface area contributed by atoms with Gasteiger partial charge in [0.15, 0.2) is 5.96 Å². The van der Waals surface area contributed by atoms with Crippen LogP contribution in [0.3, 0.4) is 0 Å². The van der Waals surface area contributed by atoms with Crippen LogP contribution in [0, 0.1) is 0 Å². The van der Waals surface area contributed by atoms with Gasteiger partial charge in [-0.05, 0) is 57.5 Å². The lowest BCUT2D eigenvalue weighted by molar-refractivity contribution is 0.180. The third kappa shape index (κ3) is 11.5. The summed E-state index contributed by atoms with van der Waals surface area (Å²) in [6, 6.07) is 8.95. The maximum Gasteiger partial charge on any atom is 0.191 e. The largest absolute Gasteiger partial charge is 0.385 e. The molecule has 2 N–H and O–H groups in total. The van der Waals surface area contributed by atoms with Crippen LogP contribution in [0.15, 0.2) is 29.3 Å². The molecule has 0 aromatic heterocycles. The quantitative estimate of drug-likeness (QED) is 0.188. The van der Waals surface area contributed by atoms with E-state index >= 15 is 0 Å². The molecule has 0 atom stereocenters. The van der Waals surface area contributed by atoms with Crippen molar-refractivity contribution in [3.8, 4) is 0 Å². The third-order valence-corrected chi connectivity index (χ3v) is 5.32. The molecule has 1 aromatic carbocycles. The molecule has 0 saturated carbocycles. The fraction of sp³-hybridized carbons (Fsp3) is 0.696. The molecule has 1 saturated heterocycles. The first-order valence-corrected chi connectivity index (χ1v) is 11.2. The number of halogens is 1. The number of aliphatic imine (C=N–C) groups is 1. The van der Waals surface area contributed by atoms with Gasteiger partial charge in [0.05, 0.1) is 6.54 Å². The van der Waals surface area contributed by atoms with Crippen molar-refractivity contribution in [2.45, 2.75) is 45.7 Å². The number of piperidine rings is 1. The van der Waals surface area contributed by atoms with Crippen LogP contribution in [0.4, 0.5) is 0 Å². The normalized spacial score (nSPS) is 15.1. The van der Waals surface area contributed by atoms with Crippen molar-refractivity contribution in [2.24, 2.45) is 4.99 Å². The summed E-state index contributed by atoms with van der Waals surface area (Å²) in [5.41, 5.74) is 2.66. The second kappa shape index (κ2) is 16.8. The van der Waals surface area contributed by atoms with Gasteiger partial charge in [-0.25, -0.2) is 4.99 Å². The second-order valence-electron chi connectivity index (χ2n) is 7.92. The Hall–Kier alpha value is -0.900. The molecule has 30 heavy (non-hydrogen) atoms. The van der Waals surface area contributed by atoms with E-state index in [9.17, 15) is 0 Å². The summed E-state index contributed by atoms with van der Waals surface area (Å²) >= 11 is 0. The zero-order chi connectivity index (χ0) is 20.7. The van der Waals surface area contributed by atoms with Gasteiger partial charge in [-0.15, -0.1) is 24.0 Å². The van der Waals surface area contributed by atoms with Crippen LogP contribution in [0.25, 0.3) is 0 Å². The highest BCUT2D eigenvalue weighted by Gasteiger charge is 2.10. The molecule has 0 aliphatic carbocycles. The van der Waals surface area contributed by atoms with E-state index in [-0.39, 0.29) is 24.0 Å². The second-order valence-corrected chi connectivity index (χ2v) is 7.92. The molecule has 1 aliphatic rings. The summed E-state index contributed by atoms with van der Waals surface area (Å²) in [5, 5.41) is 6.78. The molecule has 0 unspecified atom stereocenters. The molecular formula is C23H42IN5O. The Bertz CT molecular complexity index is 575. The van der Waals surface area contributed by atoms with Crippen molar-refractivity contribution in [1.29, 1.82) is 0 Å². The average molecular weight is 532 g/mol. The fourth-order valence-corrected chi connectivity index (χ4v) is 3.59. The lowest BCUT2D eigenvalue weighted by Crippen LogP contribution is -2.41. The van der Waals surface area contributed by atoms with Gasteiger partial charge in [0.2, 0.25) is 0 Å². The lowest BCUT2D eigenvalue weighted by atomic mass is 10.1. The molecule has 1 aromatic rings. The molecule has 0 amide bonds. The van der Waals surface area contributed by atoms with Gasteiger partial charge in [-0.3, -0.25) is 4.90 Å². The number of guanidine groups is 1. The van der Waals surface area contributed by atoms with E-state index in [4.69, 9.17) is 9.73 Å². The Balaban J connectivity index is 0.00000450. The number of nitrogens with one attached hydrogen (secondary N) is 2. The standard InChI is InChI=1S/C23H41N5O.HI/c1-4-24-23(25-13-17-27(2)14-8-18-29-3)26-19-21-9-11-22(12-10-21)20-28-15-6-5-7-16-28;/h9-12H,4-8,13-20H2,1-3H3,(H2,24,25,26);1H. The number of rotatable bonds is 12. The summed E-state index contributed by atoms with van der Waals surface area (Å²) < 4.78 is 5.11. The topological polar surface area (TPSA) is 52.1 Å². The van der Waals surface area contributed by atoms with Crippen LogP contribution in [0.1, 0.15) is 43.7 Å². The minimum absolute atomic E-state index is 0. The maximum absolute atomic E-state index is 5.11. The van der Waals surface area contributed by atoms with Crippen molar-refractivity contribution < 1.29 is 4.74 Å². The maximum atomic E-state index is 5.11. The highest BCUT2D eigenvalue weighted by atomic mass is 127. The van der Waals surface area contributed by atoms with Crippen molar-refractivity contribution in [3.05, 3.63) is 35.4 Å². The molecule has 1 aliphatic heterocycles. The van der Waals surface area contributed by atoms with E-state index in [1.807, 2.05) is 0 Å². The van der Waals surface area contributed by atoms with Crippen molar-refractivity contribution in [1.82, 2.24) is 20.4 Å². The Morgan fingerprint density at radius 2 is 1.77 bits per heavy atom. The van der Waals surface area contributed by atoms with Gasteiger partial charge >= 0.3 is 0 Å². The van der Waals surface area contributed by atoms with Crippen LogP contribution >= 0.6 is 24.0 Å². The highest BCUT2D eigenvalue weighted by Crippen LogP contribution is 2.14. The predicted molar refractivity (Wildman–Crippen MR) is 138 cm³/mol. The Morgan fingerprint density at radius 3 is 2.43 bits per heavy atom. The number of benzene rings is 1. The molecule has 2 rings (SSSR count). The summed E-state index contributed by atoms with van der Waals surface area (Å²) in [7, 11) is 3.90. The van der Waals surface area contributed by atoms with E-state index < -0.39 is 0 Å². The van der Waals surface area contributed by atoms with Gasteiger partial charge in [-0.1, -0.05) is 30.7 Å². The van der Waals surface area contributed by atoms with E-state index in [2.05, 4.69) is 58.7 Å². The molecular weight excluding hydrogens is 489 g/mol. The van der Waals surface area contributed by atoms with Crippen LogP contribution in [-0.4, -0.2) is 75.8 Å². The SMILES string of the molecule is CCNC(=NCc1ccc(CN2CCCCC2)cc1)NCCN(C)CCCOC.I. The van der Waals surface area contributed by atoms with E-state index in [0.29, 0.717) is 6.54 Å². The fourth-order valence-electron chi connectivity index (χ4n) is 3.59. The summed E-state index contributed by atoms with van der Waals surface area (Å²) in [4.78, 5) is 9.63. The number of methoxy groups -OCH3 is 1. The number of nitrogens with zero attached hydrogens (tertiary/aromatic N) is 3. The van der Waals surface area contributed by atoms with Crippen molar-refractivity contribution in [2.75, 3.05) is 60.0 Å². The molecule has 6 nitrogen and oxygen atoms in total. The van der Waals surface area contributed by atoms with E-state index in [0.717, 1.165) is 51.7 Å². The van der Waals surface area contributed by atoms with E-state index in [1.165, 1.54) is 43.5 Å². The number of ether oxygens (including phenoxy) is 1. The summed E-state index contributed by atoms with van der Waals surface area (Å²) in [6.45, 7) is 11.0. The average Bonchev–Trinajstić information content (AvgIpc) is 2.74. The first-order chi connectivity index (χ1) is 14.2. The monoisotopic (exact) mass is 531 g/mol. The van der Waals surface area contributed by atoms with E-state index in [1.54, 1.807) is 7.11 Å². The molecule has 172 valence electrons. The molecule has 0 bridgehead atoms. The zero-order valence-corrected chi connectivity index (χ0v) is 21.5. The van der Waals surface area contributed by atoms with Gasteiger partial charge in [0, 0.05) is 46.4 Å². The Kier molecular flexibility index (Phi) is 15.2. The molecule has 1 heterocycles.